The van der Waals surface area contributed by atoms with Crippen molar-refractivity contribution in [1.29, 1.82) is 5.26 Å². The number of nitriles is 1. The van der Waals surface area contributed by atoms with Crippen molar-refractivity contribution in [2.75, 3.05) is 0 Å². The highest BCUT2D eigenvalue weighted by Crippen LogP contribution is 2.20. The van der Waals surface area contributed by atoms with Gasteiger partial charge in [-0.2, -0.15) is 5.26 Å². The SMILES string of the molecule is CCCC(C#N)C(=O)c1ccc(C)c(Cl)c1. The van der Waals surface area contributed by atoms with Crippen LogP contribution in [0.2, 0.25) is 5.02 Å². The first-order valence-electron chi connectivity index (χ1n) is 5.30. The summed E-state index contributed by atoms with van der Waals surface area (Å²) in [6.07, 6.45) is 1.42. The number of Topliss-reactive ketones (excluding diaryl/α,β-unsaturated/α-hetero) is 1. The van der Waals surface area contributed by atoms with Crippen molar-refractivity contribution >= 4 is 17.4 Å². The van der Waals surface area contributed by atoms with Gasteiger partial charge in [0.25, 0.3) is 0 Å². The Kier molecular flexibility index (Phi) is 4.52. The zero-order chi connectivity index (χ0) is 12.1. The maximum Gasteiger partial charge on any atom is 0.180 e. The molecule has 0 N–H and O–H groups in total. The van der Waals surface area contributed by atoms with Gasteiger partial charge in [0.2, 0.25) is 0 Å². The first-order chi connectivity index (χ1) is 7.60. The number of carbonyl (C=O) groups is 1. The highest BCUT2D eigenvalue weighted by Gasteiger charge is 2.18. The number of carbonyl (C=O) groups excluding carboxylic acids is 1. The fourth-order valence-electron chi connectivity index (χ4n) is 1.49. The molecule has 0 saturated heterocycles. The number of benzene rings is 1. The van der Waals surface area contributed by atoms with Gasteiger partial charge in [0.15, 0.2) is 5.78 Å². The third-order valence-corrected chi connectivity index (χ3v) is 2.91. The molecular formula is C13H14ClNO. The summed E-state index contributed by atoms with van der Waals surface area (Å²) < 4.78 is 0. The Bertz CT molecular complexity index is 434. The molecule has 1 atom stereocenters. The molecular weight excluding hydrogens is 222 g/mol. The van der Waals surface area contributed by atoms with Crippen LogP contribution >= 0.6 is 11.6 Å². The van der Waals surface area contributed by atoms with Crippen LogP contribution in [0.3, 0.4) is 0 Å². The lowest BCUT2D eigenvalue weighted by atomic mass is 9.94. The Morgan fingerprint density at radius 2 is 2.25 bits per heavy atom. The molecule has 0 amide bonds. The lowest BCUT2D eigenvalue weighted by molar-refractivity contribution is 0.0943. The van der Waals surface area contributed by atoms with E-state index in [1.54, 1.807) is 18.2 Å². The average Bonchev–Trinajstić information content (AvgIpc) is 2.28. The molecule has 2 nitrogen and oxygen atoms in total. The number of rotatable bonds is 4. The Morgan fingerprint density at radius 3 is 2.75 bits per heavy atom. The zero-order valence-electron chi connectivity index (χ0n) is 9.46. The zero-order valence-corrected chi connectivity index (χ0v) is 10.2. The predicted molar refractivity (Wildman–Crippen MR) is 64.5 cm³/mol. The highest BCUT2D eigenvalue weighted by atomic mass is 35.5. The standard InChI is InChI=1S/C13H14ClNO/c1-3-4-11(8-15)13(16)10-6-5-9(2)12(14)7-10/h5-7,11H,3-4H2,1-2H3. The minimum Gasteiger partial charge on any atom is -0.293 e. The summed E-state index contributed by atoms with van der Waals surface area (Å²) in [5.74, 6) is -0.685. The van der Waals surface area contributed by atoms with E-state index in [2.05, 4.69) is 0 Å². The van der Waals surface area contributed by atoms with Gasteiger partial charge in [0.05, 0.1) is 6.07 Å². The summed E-state index contributed by atoms with van der Waals surface area (Å²) in [7, 11) is 0. The van der Waals surface area contributed by atoms with Crippen LogP contribution in [-0.4, -0.2) is 5.78 Å². The Labute approximate surface area is 101 Å². The molecule has 0 aliphatic heterocycles. The van der Waals surface area contributed by atoms with Crippen molar-refractivity contribution < 1.29 is 4.79 Å². The number of ketones is 1. The van der Waals surface area contributed by atoms with Crippen LogP contribution in [0, 0.1) is 24.2 Å². The molecule has 84 valence electrons. The van der Waals surface area contributed by atoms with E-state index in [1.165, 1.54) is 0 Å². The van der Waals surface area contributed by atoms with Gasteiger partial charge in [0.1, 0.15) is 5.92 Å². The van der Waals surface area contributed by atoms with Gasteiger partial charge in [0, 0.05) is 10.6 Å². The molecule has 0 saturated carbocycles. The van der Waals surface area contributed by atoms with Crippen molar-refractivity contribution in [2.45, 2.75) is 26.7 Å². The topological polar surface area (TPSA) is 40.9 Å². The van der Waals surface area contributed by atoms with E-state index in [0.29, 0.717) is 17.0 Å². The minimum atomic E-state index is -0.552. The highest BCUT2D eigenvalue weighted by molar-refractivity contribution is 6.31. The lowest BCUT2D eigenvalue weighted by Crippen LogP contribution is -2.12. The molecule has 0 bridgehead atoms. The van der Waals surface area contributed by atoms with Crippen LogP contribution in [0.5, 0.6) is 0 Å². The largest absolute Gasteiger partial charge is 0.293 e. The fraction of sp³-hybridized carbons (Fsp3) is 0.385. The molecule has 1 unspecified atom stereocenters. The number of hydrogen-bond donors (Lipinski definition) is 0. The van der Waals surface area contributed by atoms with Crippen molar-refractivity contribution in [1.82, 2.24) is 0 Å². The maximum atomic E-state index is 11.9. The summed E-state index contributed by atoms with van der Waals surface area (Å²) in [5.41, 5.74) is 1.46. The smallest absolute Gasteiger partial charge is 0.180 e. The van der Waals surface area contributed by atoms with E-state index in [0.717, 1.165) is 12.0 Å². The van der Waals surface area contributed by atoms with E-state index in [9.17, 15) is 4.79 Å². The second-order valence-corrected chi connectivity index (χ2v) is 4.21. The Morgan fingerprint density at radius 1 is 1.56 bits per heavy atom. The average molecular weight is 236 g/mol. The Hall–Kier alpha value is -1.33. The Balaban J connectivity index is 2.96. The van der Waals surface area contributed by atoms with Crippen LogP contribution in [0.25, 0.3) is 0 Å². The molecule has 1 rings (SSSR count). The molecule has 0 aliphatic rings. The third kappa shape index (κ3) is 2.84. The number of nitrogens with zero attached hydrogens (tertiary/aromatic N) is 1. The first kappa shape index (κ1) is 12.7. The van der Waals surface area contributed by atoms with Crippen LogP contribution in [0.15, 0.2) is 18.2 Å². The van der Waals surface area contributed by atoms with Gasteiger partial charge >= 0.3 is 0 Å². The number of hydrogen-bond acceptors (Lipinski definition) is 2. The van der Waals surface area contributed by atoms with E-state index in [1.807, 2.05) is 19.9 Å². The quantitative estimate of drug-likeness (QED) is 0.746. The summed E-state index contributed by atoms with van der Waals surface area (Å²) >= 11 is 5.95. The first-order valence-corrected chi connectivity index (χ1v) is 5.68. The summed E-state index contributed by atoms with van der Waals surface area (Å²) in [5, 5.41) is 9.48. The van der Waals surface area contributed by atoms with Crippen molar-refractivity contribution in [3.05, 3.63) is 34.3 Å². The van der Waals surface area contributed by atoms with Gasteiger partial charge < -0.3 is 0 Å². The van der Waals surface area contributed by atoms with Crippen molar-refractivity contribution in [3.63, 3.8) is 0 Å². The van der Waals surface area contributed by atoms with Crippen LogP contribution in [0.1, 0.15) is 35.7 Å². The van der Waals surface area contributed by atoms with Gasteiger partial charge in [-0.15, -0.1) is 0 Å². The summed E-state index contributed by atoms with van der Waals surface area (Å²) in [4.78, 5) is 11.9. The fourth-order valence-corrected chi connectivity index (χ4v) is 1.67. The van der Waals surface area contributed by atoms with Gasteiger partial charge in [-0.1, -0.05) is 37.1 Å². The third-order valence-electron chi connectivity index (χ3n) is 2.51. The molecule has 0 aromatic heterocycles. The minimum absolute atomic E-state index is 0.133. The van der Waals surface area contributed by atoms with Gasteiger partial charge in [-0.3, -0.25) is 4.79 Å². The molecule has 0 spiro atoms. The normalized spacial score (nSPS) is 11.9. The summed E-state index contributed by atoms with van der Waals surface area (Å²) in [6, 6.07) is 7.21. The molecule has 0 heterocycles. The molecule has 1 aromatic rings. The summed E-state index contributed by atoms with van der Waals surface area (Å²) in [6.45, 7) is 3.84. The van der Waals surface area contributed by atoms with E-state index < -0.39 is 5.92 Å². The van der Waals surface area contributed by atoms with Crippen molar-refractivity contribution in [2.24, 2.45) is 5.92 Å². The molecule has 3 heteroatoms. The maximum absolute atomic E-state index is 11.9. The molecule has 1 aromatic carbocycles. The van der Waals surface area contributed by atoms with E-state index in [4.69, 9.17) is 16.9 Å². The second-order valence-electron chi connectivity index (χ2n) is 3.80. The molecule has 0 fully saturated rings. The van der Waals surface area contributed by atoms with Crippen LogP contribution in [-0.2, 0) is 0 Å². The van der Waals surface area contributed by atoms with Gasteiger partial charge in [-0.25, -0.2) is 0 Å². The molecule has 0 aliphatic carbocycles. The van der Waals surface area contributed by atoms with E-state index in [-0.39, 0.29) is 5.78 Å². The lowest BCUT2D eigenvalue weighted by Gasteiger charge is -2.07. The number of aryl methyl sites for hydroxylation is 1. The molecule has 0 radical (unpaired) electrons. The molecule has 16 heavy (non-hydrogen) atoms. The van der Waals surface area contributed by atoms with Crippen LogP contribution < -0.4 is 0 Å². The number of halogens is 1. The monoisotopic (exact) mass is 235 g/mol. The van der Waals surface area contributed by atoms with Crippen LogP contribution in [0.4, 0.5) is 0 Å². The van der Waals surface area contributed by atoms with Crippen molar-refractivity contribution in [3.8, 4) is 6.07 Å². The van der Waals surface area contributed by atoms with Gasteiger partial charge in [-0.05, 0) is 25.0 Å². The predicted octanol–water partition coefficient (Wildman–Crippen LogP) is 3.77. The van der Waals surface area contributed by atoms with E-state index >= 15 is 0 Å². The second kappa shape index (κ2) is 5.67.